The van der Waals surface area contributed by atoms with Gasteiger partial charge in [0.15, 0.2) is 0 Å². The zero-order valence-electron chi connectivity index (χ0n) is 7.79. The SMILES string of the molecule is Cn1c(C(=O)O)cc2c(F)cc(F)cc21. The number of hydrogen-bond donors (Lipinski definition) is 1. The van der Waals surface area contributed by atoms with E-state index < -0.39 is 17.6 Å². The smallest absolute Gasteiger partial charge is 0.352 e. The fourth-order valence-corrected chi connectivity index (χ4v) is 1.56. The monoisotopic (exact) mass is 211 g/mol. The van der Waals surface area contributed by atoms with Crippen molar-refractivity contribution in [3.8, 4) is 0 Å². The van der Waals surface area contributed by atoms with Crippen molar-refractivity contribution < 1.29 is 18.7 Å². The maximum Gasteiger partial charge on any atom is 0.352 e. The molecule has 0 atom stereocenters. The first-order valence-electron chi connectivity index (χ1n) is 4.18. The van der Waals surface area contributed by atoms with Crippen LogP contribution < -0.4 is 0 Å². The summed E-state index contributed by atoms with van der Waals surface area (Å²) in [4.78, 5) is 10.8. The molecule has 78 valence electrons. The molecule has 0 amide bonds. The Morgan fingerprint density at radius 3 is 2.60 bits per heavy atom. The van der Waals surface area contributed by atoms with Crippen LogP contribution in [-0.2, 0) is 7.05 Å². The average molecular weight is 211 g/mol. The molecule has 0 saturated carbocycles. The lowest BCUT2D eigenvalue weighted by molar-refractivity contribution is 0.0687. The lowest BCUT2D eigenvalue weighted by Crippen LogP contribution is -2.03. The highest BCUT2D eigenvalue weighted by Gasteiger charge is 2.15. The maximum absolute atomic E-state index is 13.3. The standard InChI is InChI=1S/C10H7F2NO2/c1-13-8-3-5(11)2-7(12)6(8)4-9(13)10(14)15/h2-4H,1H3,(H,14,15). The normalized spacial score (nSPS) is 10.9. The van der Waals surface area contributed by atoms with Crippen molar-refractivity contribution in [2.45, 2.75) is 0 Å². The third kappa shape index (κ3) is 1.36. The predicted molar refractivity (Wildman–Crippen MR) is 49.8 cm³/mol. The van der Waals surface area contributed by atoms with E-state index in [2.05, 4.69) is 0 Å². The quantitative estimate of drug-likeness (QED) is 0.785. The molecule has 3 nitrogen and oxygen atoms in total. The molecule has 0 radical (unpaired) electrons. The molecule has 5 heteroatoms. The number of carbonyl (C=O) groups is 1. The van der Waals surface area contributed by atoms with Crippen LogP contribution >= 0.6 is 0 Å². The minimum atomic E-state index is -1.17. The van der Waals surface area contributed by atoms with Gasteiger partial charge in [-0.3, -0.25) is 0 Å². The summed E-state index contributed by atoms with van der Waals surface area (Å²) in [6.07, 6.45) is 0. The molecule has 15 heavy (non-hydrogen) atoms. The fourth-order valence-electron chi connectivity index (χ4n) is 1.56. The highest BCUT2D eigenvalue weighted by atomic mass is 19.1. The second-order valence-electron chi connectivity index (χ2n) is 3.21. The number of fused-ring (bicyclic) bond motifs is 1. The van der Waals surface area contributed by atoms with Crippen molar-refractivity contribution >= 4 is 16.9 Å². The summed E-state index contributed by atoms with van der Waals surface area (Å²) in [5.74, 6) is -2.65. The Kier molecular flexibility index (Phi) is 1.96. The molecule has 2 rings (SSSR count). The van der Waals surface area contributed by atoms with Crippen LogP contribution in [0.15, 0.2) is 18.2 Å². The molecule has 0 aliphatic heterocycles. The number of carboxylic acid groups (broad SMARTS) is 1. The first-order valence-corrected chi connectivity index (χ1v) is 4.18. The second kappa shape index (κ2) is 3.05. The third-order valence-corrected chi connectivity index (χ3v) is 2.30. The molecular formula is C10H7F2NO2. The molecule has 0 saturated heterocycles. The lowest BCUT2D eigenvalue weighted by atomic mass is 10.2. The van der Waals surface area contributed by atoms with E-state index in [1.54, 1.807) is 0 Å². The molecule has 1 aromatic heterocycles. The van der Waals surface area contributed by atoms with E-state index in [1.165, 1.54) is 17.7 Å². The Morgan fingerprint density at radius 1 is 1.33 bits per heavy atom. The highest BCUT2D eigenvalue weighted by molar-refractivity contribution is 5.94. The van der Waals surface area contributed by atoms with Crippen molar-refractivity contribution in [2.24, 2.45) is 7.05 Å². The molecule has 0 fully saturated rings. The van der Waals surface area contributed by atoms with Gasteiger partial charge in [-0.2, -0.15) is 0 Å². The summed E-state index contributed by atoms with van der Waals surface area (Å²) in [6, 6.07) is 3.02. The number of aryl methyl sites for hydroxylation is 1. The summed E-state index contributed by atoms with van der Waals surface area (Å²) in [5, 5.41) is 8.90. The fraction of sp³-hybridized carbons (Fsp3) is 0.100. The van der Waals surface area contributed by atoms with Crippen molar-refractivity contribution in [2.75, 3.05) is 0 Å². The molecule has 1 aromatic carbocycles. The summed E-state index contributed by atoms with van der Waals surface area (Å²) >= 11 is 0. The number of aromatic carboxylic acids is 1. The number of benzene rings is 1. The number of rotatable bonds is 1. The number of halogens is 2. The largest absolute Gasteiger partial charge is 0.477 e. The van der Waals surface area contributed by atoms with E-state index in [-0.39, 0.29) is 16.6 Å². The second-order valence-corrected chi connectivity index (χ2v) is 3.21. The molecule has 0 aliphatic rings. The van der Waals surface area contributed by atoms with Gasteiger partial charge in [-0.05, 0) is 12.1 Å². The summed E-state index contributed by atoms with van der Waals surface area (Å²) < 4.78 is 27.4. The molecule has 0 unspecified atom stereocenters. The van der Waals surface area contributed by atoms with E-state index >= 15 is 0 Å². The van der Waals surface area contributed by atoms with Gasteiger partial charge in [-0.15, -0.1) is 0 Å². The number of carboxylic acids is 1. The maximum atomic E-state index is 13.3. The van der Waals surface area contributed by atoms with E-state index in [0.717, 1.165) is 12.1 Å². The molecule has 2 aromatic rings. The first-order chi connectivity index (χ1) is 7.00. The Hall–Kier alpha value is -1.91. The van der Waals surface area contributed by atoms with Crippen LogP contribution in [0.25, 0.3) is 10.9 Å². The molecule has 1 N–H and O–H groups in total. The third-order valence-electron chi connectivity index (χ3n) is 2.30. The molecule has 1 heterocycles. The lowest BCUT2D eigenvalue weighted by Gasteiger charge is -1.99. The van der Waals surface area contributed by atoms with Crippen molar-refractivity contribution in [3.63, 3.8) is 0 Å². The van der Waals surface area contributed by atoms with E-state index in [9.17, 15) is 13.6 Å². The van der Waals surface area contributed by atoms with Crippen LogP contribution in [0.2, 0.25) is 0 Å². The Morgan fingerprint density at radius 2 is 2.00 bits per heavy atom. The van der Waals surface area contributed by atoms with Crippen molar-refractivity contribution in [3.05, 3.63) is 35.5 Å². The number of hydrogen-bond acceptors (Lipinski definition) is 1. The van der Waals surface area contributed by atoms with Crippen LogP contribution in [0.1, 0.15) is 10.5 Å². The van der Waals surface area contributed by atoms with Gasteiger partial charge in [0.2, 0.25) is 0 Å². The van der Waals surface area contributed by atoms with Gasteiger partial charge in [0.25, 0.3) is 0 Å². The molecule has 0 bridgehead atoms. The van der Waals surface area contributed by atoms with Gasteiger partial charge in [-0.1, -0.05) is 0 Å². The topological polar surface area (TPSA) is 42.2 Å². The van der Waals surface area contributed by atoms with Gasteiger partial charge in [0.1, 0.15) is 17.3 Å². The first kappa shape index (κ1) is 9.64. The van der Waals surface area contributed by atoms with Gasteiger partial charge >= 0.3 is 5.97 Å². The van der Waals surface area contributed by atoms with Crippen LogP contribution in [0.5, 0.6) is 0 Å². The van der Waals surface area contributed by atoms with Gasteiger partial charge < -0.3 is 9.67 Å². The highest BCUT2D eigenvalue weighted by Crippen LogP contribution is 2.23. The predicted octanol–water partition coefficient (Wildman–Crippen LogP) is 2.15. The Balaban J connectivity index is 2.88. The molecular weight excluding hydrogens is 204 g/mol. The Labute approximate surface area is 83.5 Å². The average Bonchev–Trinajstić information content (AvgIpc) is 2.44. The number of aromatic nitrogens is 1. The zero-order valence-corrected chi connectivity index (χ0v) is 7.79. The zero-order chi connectivity index (χ0) is 11.2. The molecule has 0 aliphatic carbocycles. The summed E-state index contributed by atoms with van der Waals surface area (Å²) in [7, 11) is 1.45. The van der Waals surface area contributed by atoms with E-state index in [0.29, 0.717) is 0 Å². The van der Waals surface area contributed by atoms with Crippen LogP contribution in [0.3, 0.4) is 0 Å². The van der Waals surface area contributed by atoms with Gasteiger partial charge in [0.05, 0.1) is 5.52 Å². The summed E-state index contributed by atoms with van der Waals surface area (Å²) in [6.45, 7) is 0. The van der Waals surface area contributed by atoms with E-state index in [1.807, 2.05) is 0 Å². The van der Waals surface area contributed by atoms with Crippen molar-refractivity contribution in [1.29, 1.82) is 0 Å². The van der Waals surface area contributed by atoms with Crippen LogP contribution in [0.4, 0.5) is 8.78 Å². The Bertz CT molecular complexity index is 560. The van der Waals surface area contributed by atoms with Crippen LogP contribution in [-0.4, -0.2) is 15.6 Å². The van der Waals surface area contributed by atoms with Crippen LogP contribution in [0, 0.1) is 11.6 Å². The van der Waals surface area contributed by atoms with Crippen molar-refractivity contribution in [1.82, 2.24) is 4.57 Å². The number of nitrogens with zero attached hydrogens (tertiary/aromatic N) is 1. The van der Waals surface area contributed by atoms with Gasteiger partial charge in [0, 0.05) is 18.5 Å². The summed E-state index contributed by atoms with van der Waals surface area (Å²) in [5.41, 5.74) is 0.152. The minimum Gasteiger partial charge on any atom is -0.477 e. The minimum absolute atomic E-state index is 0.0745. The van der Waals surface area contributed by atoms with Gasteiger partial charge in [-0.25, -0.2) is 13.6 Å². The van der Waals surface area contributed by atoms with E-state index in [4.69, 9.17) is 5.11 Å². The molecule has 0 spiro atoms.